The number of nitrogens with two attached hydrogens (primary N) is 1. The average molecular weight is 408 g/mol. The summed E-state index contributed by atoms with van der Waals surface area (Å²) in [5.41, 5.74) is 8.23. The monoisotopic (exact) mass is 407 g/mol. The predicted octanol–water partition coefficient (Wildman–Crippen LogP) is 4.80. The standard InChI is InChI=1S/C25H29NO4/c1-27-25(24(29-30-25)20-10-17-9-18(12-20)13-21(24)11-17)19-3-2-4-23(14-19)28-15-16-5-7-22(26)8-6-16/h2-8,14,17-18,20-21H,9-13,15,26H2,1H3. The van der Waals surface area contributed by atoms with E-state index in [1.807, 2.05) is 36.4 Å². The molecule has 0 radical (unpaired) electrons. The molecule has 2 N–H and O–H groups in total. The Morgan fingerprint density at radius 2 is 1.63 bits per heavy atom. The number of nitrogen functional groups attached to an aromatic ring is 1. The molecule has 1 heterocycles. The second-order valence-electron chi connectivity index (χ2n) is 9.64. The minimum absolute atomic E-state index is 0.370. The van der Waals surface area contributed by atoms with Crippen molar-refractivity contribution in [2.24, 2.45) is 23.7 Å². The number of rotatable bonds is 5. The first-order chi connectivity index (χ1) is 14.6. The van der Waals surface area contributed by atoms with Crippen LogP contribution in [0.25, 0.3) is 0 Å². The Labute approximate surface area is 177 Å². The molecular weight excluding hydrogens is 378 g/mol. The first-order valence-electron chi connectivity index (χ1n) is 11.1. The Hall–Kier alpha value is -2.08. The van der Waals surface area contributed by atoms with Gasteiger partial charge in [0.2, 0.25) is 0 Å². The smallest absolute Gasteiger partial charge is 0.260 e. The van der Waals surface area contributed by atoms with Crippen molar-refractivity contribution in [1.29, 1.82) is 0 Å². The maximum Gasteiger partial charge on any atom is 0.260 e. The fourth-order valence-corrected chi connectivity index (χ4v) is 6.93. The van der Waals surface area contributed by atoms with Gasteiger partial charge in [0.25, 0.3) is 5.79 Å². The van der Waals surface area contributed by atoms with Crippen molar-refractivity contribution in [3.8, 4) is 5.75 Å². The van der Waals surface area contributed by atoms with E-state index in [-0.39, 0.29) is 5.60 Å². The van der Waals surface area contributed by atoms with Crippen LogP contribution in [0.4, 0.5) is 5.69 Å². The van der Waals surface area contributed by atoms with Gasteiger partial charge in [-0.3, -0.25) is 0 Å². The summed E-state index contributed by atoms with van der Waals surface area (Å²) in [6, 6.07) is 15.9. The summed E-state index contributed by atoms with van der Waals surface area (Å²) in [4.78, 5) is 11.9. The second-order valence-corrected chi connectivity index (χ2v) is 9.64. The maximum absolute atomic E-state index is 6.15. The van der Waals surface area contributed by atoms with Crippen LogP contribution in [-0.4, -0.2) is 12.7 Å². The molecule has 0 aromatic heterocycles. The highest BCUT2D eigenvalue weighted by molar-refractivity contribution is 5.40. The van der Waals surface area contributed by atoms with E-state index in [2.05, 4.69) is 12.1 Å². The molecule has 1 aliphatic heterocycles. The number of benzene rings is 2. The van der Waals surface area contributed by atoms with E-state index in [1.165, 1.54) is 32.1 Å². The molecule has 1 atom stereocenters. The summed E-state index contributed by atoms with van der Waals surface area (Å²) in [6.07, 6.45) is 6.32. The Kier molecular flexibility index (Phi) is 4.18. The van der Waals surface area contributed by atoms with Crippen LogP contribution in [0.3, 0.4) is 0 Å². The normalized spacial score (nSPS) is 38.6. The van der Waals surface area contributed by atoms with Gasteiger partial charge in [0.1, 0.15) is 12.4 Å². The lowest BCUT2D eigenvalue weighted by Gasteiger charge is -2.68. The van der Waals surface area contributed by atoms with Gasteiger partial charge in [-0.05, 0) is 85.6 Å². The molecule has 158 valence electrons. The average Bonchev–Trinajstić information content (AvgIpc) is 2.73. The Morgan fingerprint density at radius 3 is 2.23 bits per heavy atom. The number of anilines is 1. The minimum Gasteiger partial charge on any atom is -0.489 e. The number of ether oxygens (including phenoxy) is 2. The van der Waals surface area contributed by atoms with E-state index >= 15 is 0 Å². The number of hydrogen-bond acceptors (Lipinski definition) is 5. The van der Waals surface area contributed by atoms with Crippen molar-refractivity contribution in [1.82, 2.24) is 0 Å². The van der Waals surface area contributed by atoms with Gasteiger partial charge in [0, 0.05) is 18.4 Å². The van der Waals surface area contributed by atoms with Crippen molar-refractivity contribution < 1.29 is 19.2 Å². The molecule has 5 aliphatic rings. The molecule has 1 saturated heterocycles. The zero-order valence-corrected chi connectivity index (χ0v) is 17.4. The van der Waals surface area contributed by atoms with Crippen LogP contribution in [0.5, 0.6) is 5.75 Å². The van der Waals surface area contributed by atoms with Crippen LogP contribution in [0.1, 0.15) is 43.2 Å². The molecule has 5 heteroatoms. The van der Waals surface area contributed by atoms with Gasteiger partial charge >= 0.3 is 0 Å². The molecule has 2 aromatic carbocycles. The summed E-state index contributed by atoms with van der Waals surface area (Å²) in [6.45, 7) is 0.487. The molecule has 2 aromatic rings. The molecule has 0 amide bonds. The Balaban J connectivity index is 1.29. The fourth-order valence-electron chi connectivity index (χ4n) is 6.93. The quantitative estimate of drug-likeness (QED) is 0.570. The highest BCUT2D eigenvalue weighted by Gasteiger charge is 2.76. The molecular formula is C25H29NO4. The fraction of sp³-hybridized carbons (Fsp3) is 0.520. The molecule has 4 saturated carbocycles. The van der Waals surface area contributed by atoms with Crippen molar-refractivity contribution in [3.63, 3.8) is 0 Å². The summed E-state index contributed by atoms with van der Waals surface area (Å²) < 4.78 is 12.2. The summed E-state index contributed by atoms with van der Waals surface area (Å²) in [7, 11) is 1.75. The van der Waals surface area contributed by atoms with Crippen LogP contribution in [0.15, 0.2) is 48.5 Å². The van der Waals surface area contributed by atoms with Crippen LogP contribution in [0.2, 0.25) is 0 Å². The van der Waals surface area contributed by atoms with E-state index in [4.69, 9.17) is 25.0 Å². The molecule has 7 rings (SSSR count). The van der Waals surface area contributed by atoms with Crippen LogP contribution in [0, 0.1) is 23.7 Å². The SMILES string of the molecule is COC1(c2cccc(OCc3ccc(N)cc3)c2)OOC12C1CC3CC(C1)CC2C3. The molecule has 5 nitrogen and oxygen atoms in total. The molecule has 1 unspecified atom stereocenters. The highest BCUT2D eigenvalue weighted by Crippen LogP contribution is 2.69. The lowest BCUT2D eigenvalue weighted by atomic mass is 9.47. The van der Waals surface area contributed by atoms with Crippen molar-refractivity contribution in [2.75, 3.05) is 12.8 Å². The molecule has 30 heavy (non-hydrogen) atoms. The summed E-state index contributed by atoms with van der Waals surface area (Å²) in [5.74, 6) is 2.66. The maximum atomic E-state index is 6.15. The van der Waals surface area contributed by atoms with Gasteiger partial charge in [-0.2, -0.15) is 4.89 Å². The molecule has 5 fully saturated rings. The van der Waals surface area contributed by atoms with Gasteiger partial charge in [0.15, 0.2) is 5.60 Å². The molecule has 1 spiro atoms. The largest absolute Gasteiger partial charge is 0.489 e. The third kappa shape index (κ3) is 2.52. The van der Waals surface area contributed by atoms with Crippen LogP contribution < -0.4 is 10.5 Å². The third-order valence-corrected chi connectivity index (χ3v) is 8.05. The molecule has 4 bridgehead atoms. The zero-order chi connectivity index (χ0) is 20.3. The first kappa shape index (κ1) is 18.7. The van der Waals surface area contributed by atoms with E-state index in [1.54, 1.807) is 7.11 Å². The molecule has 4 aliphatic carbocycles. The van der Waals surface area contributed by atoms with Gasteiger partial charge < -0.3 is 15.2 Å². The summed E-state index contributed by atoms with van der Waals surface area (Å²) in [5, 5.41) is 0. The van der Waals surface area contributed by atoms with Gasteiger partial charge in [0.05, 0.1) is 0 Å². The Bertz CT molecular complexity index is 910. The second kappa shape index (κ2) is 6.71. The first-order valence-corrected chi connectivity index (χ1v) is 11.1. The van der Waals surface area contributed by atoms with E-state index in [0.717, 1.165) is 34.4 Å². The number of methoxy groups -OCH3 is 1. The summed E-state index contributed by atoms with van der Waals surface area (Å²) >= 11 is 0. The number of hydrogen-bond donors (Lipinski definition) is 1. The van der Waals surface area contributed by atoms with Crippen molar-refractivity contribution in [2.45, 2.75) is 50.1 Å². The topological polar surface area (TPSA) is 62.9 Å². The van der Waals surface area contributed by atoms with Gasteiger partial charge in [-0.15, -0.1) is 0 Å². The minimum atomic E-state index is -0.851. The van der Waals surface area contributed by atoms with E-state index in [9.17, 15) is 0 Å². The van der Waals surface area contributed by atoms with Gasteiger partial charge in [-0.1, -0.05) is 24.3 Å². The Morgan fingerprint density at radius 1 is 0.933 bits per heavy atom. The zero-order valence-electron chi connectivity index (χ0n) is 17.4. The highest BCUT2D eigenvalue weighted by atomic mass is 17.3. The van der Waals surface area contributed by atoms with Gasteiger partial charge in [-0.25, -0.2) is 4.89 Å². The van der Waals surface area contributed by atoms with Crippen LogP contribution in [-0.2, 0) is 26.9 Å². The van der Waals surface area contributed by atoms with E-state index < -0.39 is 5.79 Å². The van der Waals surface area contributed by atoms with E-state index in [0.29, 0.717) is 18.4 Å². The predicted molar refractivity (Wildman–Crippen MR) is 112 cm³/mol. The lowest BCUT2D eigenvalue weighted by molar-refractivity contribution is -0.645. The van der Waals surface area contributed by atoms with Crippen molar-refractivity contribution >= 4 is 5.69 Å². The van der Waals surface area contributed by atoms with Crippen LogP contribution >= 0.6 is 0 Å². The lowest BCUT2D eigenvalue weighted by Crippen LogP contribution is -2.76. The van der Waals surface area contributed by atoms with Crippen molar-refractivity contribution in [3.05, 3.63) is 59.7 Å². The third-order valence-electron chi connectivity index (χ3n) is 8.05.